The van der Waals surface area contributed by atoms with Crippen LogP contribution in [0.5, 0.6) is 0 Å². The van der Waals surface area contributed by atoms with E-state index in [0.717, 1.165) is 5.56 Å². The summed E-state index contributed by atoms with van der Waals surface area (Å²) in [5.41, 5.74) is 3.48. The Hall–Kier alpha value is -2.12. The van der Waals surface area contributed by atoms with Gasteiger partial charge in [-0.3, -0.25) is 10.2 Å². The van der Waals surface area contributed by atoms with Gasteiger partial charge in [0.05, 0.1) is 6.61 Å². The first kappa shape index (κ1) is 17.9. The third-order valence-corrected chi connectivity index (χ3v) is 2.96. The van der Waals surface area contributed by atoms with Gasteiger partial charge in [-0.05, 0) is 12.5 Å². The molecule has 1 atom stereocenters. The van der Waals surface area contributed by atoms with E-state index in [-0.39, 0.29) is 19.1 Å². The molecule has 0 radical (unpaired) electrons. The van der Waals surface area contributed by atoms with Crippen LogP contribution in [0.25, 0.3) is 0 Å². The Morgan fingerprint density at radius 1 is 1.32 bits per heavy atom. The zero-order valence-electron chi connectivity index (χ0n) is 12.9. The van der Waals surface area contributed by atoms with Gasteiger partial charge in [-0.25, -0.2) is 9.80 Å². The highest BCUT2D eigenvalue weighted by atomic mass is 16.5. The highest BCUT2D eigenvalue weighted by Crippen LogP contribution is 2.00. The summed E-state index contributed by atoms with van der Waals surface area (Å²) >= 11 is 0. The zero-order valence-corrected chi connectivity index (χ0v) is 12.9. The van der Waals surface area contributed by atoms with Gasteiger partial charge < -0.3 is 15.2 Å². The Balaban J connectivity index is 2.35. The number of hydrogen-bond donors (Lipinski definition) is 3. The number of nitrogens with zero attached hydrogens (tertiary/aromatic N) is 1. The van der Waals surface area contributed by atoms with Crippen molar-refractivity contribution in [3.63, 3.8) is 0 Å². The Morgan fingerprint density at radius 2 is 2.00 bits per heavy atom. The van der Waals surface area contributed by atoms with Gasteiger partial charge in [0.15, 0.2) is 0 Å². The Bertz CT molecular complexity index is 467. The minimum atomic E-state index is -0.740. The lowest BCUT2D eigenvalue weighted by Crippen LogP contribution is -2.51. The molecular formula is C15H23N3O4. The molecule has 2 amide bonds. The number of rotatable bonds is 8. The molecule has 0 bridgehead atoms. The van der Waals surface area contributed by atoms with E-state index >= 15 is 0 Å². The van der Waals surface area contributed by atoms with Crippen LogP contribution in [-0.2, 0) is 16.1 Å². The number of amides is 2. The molecule has 3 N–H and O–H groups in total. The molecule has 0 unspecified atom stereocenters. The number of carbonyl (C=O) groups excluding carboxylic acids is 2. The third kappa shape index (κ3) is 6.55. The Kier molecular flexibility index (Phi) is 7.95. The van der Waals surface area contributed by atoms with Gasteiger partial charge in [0.2, 0.25) is 0 Å². The number of aliphatic hydroxyl groups excluding tert-OH is 1. The standard InChI is InChI=1S/C15H23N3O4/c1-3-18(9-10-19)17-14(20)12(2)16-15(21)22-11-13-7-5-4-6-8-13/h4-8,12,19H,3,9-11H2,1-2H3,(H,16,21)(H,17,20)/t12-/m1/s1. The van der Waals surface area contributed by atoms with E-state index in [4.69, 9.17) is 9.84 Å². The van der Waals surface area contributed by atoms with Crippen molar-refractivity contribution in [1.82, 2.24) is 15.8 Å². The van der Waals surface area contributed by atoms with Crippen molar-refractivity contribution in [3.05, 3.63) is 35.9 Å². The number of hydrogen-bond acceptors (Lipinski definition) is 5. The molecule has 7 heteroatoms. The lowest BCUT2D eigenvalue weighted by atomic mass is 10.2. The second kappa shape index (κ2) is 9.75. The van der Waals surface area contributed by atoms with Crippen LogP contribution in [-0.4, -0.2) is 47.9 Å². The molecule has 0 spiro atoms. The summed E-state index contributed by atoms with van der Waals surface area (Å²) < 4.78 is 5.04. The first-order valence-electron chi connectivity index (χ1n) is 7.20. The van der Waals surface area contributed by atoms with E-state index in [1.54, 1.807) is 11.9 Å². The minimum absolute atomic E-state index is 0.0605. The summed E-state index contributed by atoms with van der Waals surface area (Å²) in [6.07, 6.45) is -0.656. The number of hydrazine groups is 1. The van der Waals surface area contributed by atoms with E-state index < -0.39 is 12.1 Å². The van der Waals surface area contributed by atoms with Crippen molar-refractivity contribution in [2.75, 3.05) is 19.7 Å². The topological polar surface area (TPSA) is 90.9 Å². The van der Waals surface area contributed by atoms with E-state index in [9.17, 15) is 9.59 Å². The van der Waals surface area contributed by atoms with Crippen LogP contribution in [0.2, 0.25) is 0 Å². The normalized spacial score (nSPS) is 11.8. The van der Waals surface area contributed by atoms with Crippen molar-refractivity contribution >= 4 is 12.0 Å². The smallest absolute Gasteiger partial charge is 0.408 e. The van der Waals surface area contributed by atoms with Crippen molar-refractivity contribution in [3.8, 4) is 0 Å². The van der Waals surface area contributed by atoms with E-state index in [2.05, 4.69) is 10.7 Å². The fraction of sp³-hybridized carbons (Fsp3) is 0.467. The molecule has 0 heterocycles. The van der Waals surface area contributed by atoms with E-state index in [0.29, 0.717) is 13.1 Å². The molecule has 122 valence electrons. The van der Waals surface area contributed by atoms with Crippen LogP contribution >= 0.6 is 0 Å². The van der Waals surface area contributed by atoms with Gasteiger partial charge in [-0.2, -0.15) is 0 Å². The average Bonchev–Trinajstić information content (AvgIpc) is 2.53. The quantitative estimate of drug-likeness (QED) is 0.613. The molecule has 22 heavy (non-hydrogen) atoms. The van der Waals surface area contributed by atoms with Crippen molar-refractivity contribution in [1.29, 1.82) is 0 Å². The van der Waals surface area contributed by atoms with Crippen molar-refractivity contribution < 1.29 is 19.4 Å². The van der Waals surface area contributed by atoms with Crippen molar-refractivity contribution in [2.45, 2.75) is 26.5 Å². The van der Waals surface area contributed by atoms with Gasteiger partial charge >= 0.3 is 6.09 Å². The monoisotopic (exact) mass is 309 g/mol. The fourth-order valence-corrected chi connectivity index (χ4v) is 1.67. The largest absolute Gasteiger partial charge is 0.445 e. The number of nitrogens with one attached hydrogen (secondary N) is 2. The number of alkyl carbamates (subject to hydrolysis) is 1. The summed E-state index contributed by atoms with van der Waals surface area (Å²) in [5, 5.41) is 12.9. The molecule has 0 aliphatic heterocycles. The molecule has 7 nitrogen and oxygen atoms in total. The Morgan fingerprint density at radius 3 is 2.59 bits per heavy atom. The van der Waals surface area contributed by atoms with Crippen LogP contribution in [0.15, 0.2) is 30.3 Å². The molecule has 0 aliphatic carbocycles. The lowest BCUT2D eigenvalue weighted by Gasteiger charge is -2.22. The summed E-state index contributed by atoms with van der Waals surface area (Å²) in [6, 6.07) is 8.54. The fourth-order valence-electron chi connectivity index (χ4n) is 1.67. The van der Waals surface area contributed by atoms with Crippen LogP contribution in [0.1, 0.15) is 19.4 Å². The summed E-state index contributed by atoms with van der Waals surface area (Å²) in [4.78, 5) is 23.5. The maximum atomic E-state index is 11.9. The zero-order chi connectivity index (χ0) is 16.4. The molecule has 0 fully saturated rings. The summed E-state index contributed by atoms with van der Waals surface area (Å²) in [5.74, 6) is -0.369. The lowest BCUT2D eigenvalue weighted by molar-refractivity contribution is -0.127. The minimum Gasteiger partial charge on any atom is -0.445 e. The molecule has 1 aromatic carbocycles. The molecule has 0 aliphatic rings. The third-order valence-electron chi connectivity index (χ3n) is 2.96. The molecule has 1 aromatic rings. The van der Waals surface area contributed by atoms with Gasteiger partial charge in [-0.1, -0.05) is 37.3 Å². The second-order valence-corrected chi connectivity index (χ2v) is 4.71. The molecule has 0 aromatic heterocycles. The van der Waals surface area contributed by atoms with Crippen LogP contribution in [0.4, 0.5) is 4.79 Å². The highest BCUT2D eigenvalue weighted by molar-refractivity contribution is 5.84. The van der Waals surface area contributed by atoms with Gasteiger partial charge in [0.25, 0.3) is 5.91 Å². The Labute approximate surface area is 130 Å². The SMILES string of the molecule is CCN(CCO)NC(=O)[C@@H](C)NC(=O)OCc1ccccc1. The number of aliphatic hydroxyl groups is 1. The van der Waals surface area contributed by atoms with Gasteiger partial charge in [-0.15, -0.1) is 0 Å². The van der Waals surface area contributed by atoms with Crippen LogP contribution in [0, 0.1) is 0 Å². The maximum Gasteiger partial charge on any atom is 0.408 e. The first-order chi connectivity index (χ1) is 10.6. The summed E-state index contributed by atoms with van der Waals surface area (Å²) in [7, 11) is 0. The highest BCUT2D eigenvalue weighted by Gasteiger charge is 2.18. The van der Waals surface area contributed by atoms with Gasteiger partial charge in [0.1, 0.15) is 12.6 Å². The van der Waals surface area contributed by atoms with Crippen LogP contribution in [0.3, 0.4) is 0 Å². The number of benzene rings is 1. The summed E-state index contributed by atoms with van der Waals surface area (Å²) in [6.45, 7) is 4.38. The van der Waals surface area contributed by atoms with E-state index in [1.165, 1.54) is 0 Å². The predicted octanol–water partition coefficient (Wildman–Crippen LogP) is 0.647. The molecule has 0 saturated heterocycles. The van der Waals surface area contributed by atoms with Crippen molar-refractivity contribution in [2.24, 2.45) is 0 Å². The first-order valence-corrected chi connectivity index (χ1v) is 7.20. The second-order valence-electron chi connectivity index (χ2n) is 4.71. The molecule has 0 saturated carbocycles. The molecule has 1 rings (SSSR count). The maximum absolute atomic E-state index is 11.9. The number of ether oxygens (including phenoxy) is 1. The molecular weight excluding hydrogens is 286 g/mol. The van der Waals surface area contributed by atoms with Gasteiger partial charge in [0, 0.05) is 13.1 Å². The number of carbonyl (C=O) groups is 2. The predicted molar refractivity (Wildman–Crippen MR) is 81.7 cm³/mol. The van der Waals surface area contributed by atoms with E-state index in [1.807, 2.05) is 37.3 Å². The van der Waals surface area contributed by atoms with Crippen LogP contribution < -0.4 is 10.7 Å². The average molecular weight is 309 g/mol. The number of likely N-dealkylation sites (N-methyl/N-ethyl adjacent to an activating group) is 1.